The first-order chi connectivity index (χ1) is 14.0. The largest absolute Gasteiger partial charge is 0.350 e. The van der Waals surface area contributed by atoms with E-state index in [0.717, 1.165) is 16.6 Å². The first-order valence-electron chi connectivity index (χ1n) is 8.91. The van der Waals surface area contributed by atoms with E-state index in [-0.39, 0.29) is 34.6 Å². The average molecular weight is 434 g/mol. The lowest BCUT2D eigenvalue weighted by Gasteiger charge is -2.22. The molecule has 0 spiro atoms. The molecule has 2 rings (SSSR count). The molecule has 11 heteroatoms. The maximum atomic E-state index is 12.6. The summed E-state index contributed by atoms with van der Waals surface area (Å²) in [4.78, 5) is 35.2. The number of non-ortho nitro benzene ring substituents is 1. The van der Waals surface area contributed by atoms with Gasteiger partial charge in [0, 0.05) is 18.2 Å². The van der Waals surface area contributed by atoms with E-state index in [1.54, 1.807) is 26.0 Å². The van der Waals surface area contributed by atoms with Gasteiger partial charge in [0.1, 0.15) is 6.54 Å². The van der Waals surface area contributed by atoms with Gasteiger partial charge >= 0.3 is 0 Å². The highest BCUT2D eigenvalue weighted by molar-refractivity contribution is 7.92. The summed E-state index contributed by atoms with van der Waals surface area (Å²) in [6, 6.07) is 11.2. The molecule has 160 valence electrons. The summed E-state index contributed by atoms with van der Waals surface area (Å²) in [7, 11) is -3.92. The van der Waals surface area contributed by atoms with Crippen molar-refractivity contribution in [2.75, 3.05) is 22.4 Å². The van der Waals surface area contributed by atoms with Crippen LogP contribution in [-0.2, 0) is 14.8 Å². The lowest BCUT2D eigenvalue weighted by Crippen LogP contribution is -2.38. The normalized spacial score (nSPS) is 11.1. The molecule has 0 heterocycles. The number of benzene rings is 2. The van der Waals surface area contributed by atoms with E-state index in [9.17, 15) is 28.1 Å². The summed E-state index contributed by atoms with van der Waals surface area (Å²) in [6.07, 6.45) is 0.892. The second-order valence-corrected chi connectivity index (χ2v) is 8.68. The number of nitro benzene ring substituents is 1. The van der Waals surface area contributed by atoms with Crippen molar-refractivity contribution in [3.8, 4) is 0 Å². The van der Waals surface area contributed by atoms with Crippen LogP contribution in [0, 0.1) is 10.1 Å². The Morgan fingerprint density at radius 1 is 1.13 bits per heavy atom. The van der Waals surface area contributed by atoms with Gasteiger partial charge in [0.15, 0.2) is 0 Å². The number of rotatable bonds is 8. The molecule has 2 N–H and O–H groups in total. The number of para-hydroxylation sites is 1. The van der Waals surface area contributed by atoms with Gasteiger partial charge < -0.3 is 10.6 Å². The number of hydrogen-bond donors (Lipinski definition) is 2. The molecule has 0 saturated heterocycles. The Morgan fingerprint density at radius 3 is 2.40 bits per heavy atom. The van der Waals surface area contributed by atoms with E-state index in [2.05, 4.69) is 10.6 Å². The highest BCUT2D eigenvalue weighted by Crippen LogP contribution is 2.23. The van der Waals surface area contributed by atoms with Crippen molar-refractivity contribution in [1.82, 2.24) is 5.32 Å². The Morgan fingerprint density at radius 2 is 1.80 bits per heavy atom. The van der Waals surface area contributed by atoms with Crippen LogP contribution in [0.15, 0.2) is 48.5 Å². The molecule has 0 aromatic heterocycles. The molecule has 0 saturated carbocycles. The Kier molecular flexibility index (Phi) is 7.11. The quantitative estimate of drug-likeness (QED) is 0.482. The fourth-order valence-electron chi connectivity index (χ4n) is 2.61. The summed E-state index contributed by atoms with van der Waals surface area (Å²) >= 11 is 0. The Labute approximate surface area is 174 Å². The van der Waals surface area contributed by atoms with E-state index in [4.69, 9.17) is 0 Å². The molecule has 0 aliphatic carbocycles. The van der Waals surface area contributed by atoms with Crippen molar-refractivity contribution in [3.63, 3.8) is 0 Å². The van der Waals surface area contributed by atoms with Crippen LogP contribution < -0.4 is 14.9 Å². The summed E-state index contributed by atoms with van der Waals surface area (Å²) in [5, 5.41) is 16.2. The molecule has 2 aromatic rings. The Bertz CT molecular complexity index is 1070. The first kappa shape index (κ1) is 22.8. The topological polar surface area (TPSA) is 139 Å². The Balaban J connectivity index is 2.28. The van der Waals surface area contributed by atoms with Crippen molar-refractivity contribution in [2.24, 2.45) is 0 Å². The van der Waals surface area contributed by atoms with Crippen LogP contribution in [0.1, 0.15) is 24.2 Å². The third-order valence-corrected chi connectivity index (χ3v) is 5.02. The van der Waals surface area contributed by atoms with E-state index in [0.29, 0.717) is 0 Å². The van der Waals surface area contributed by atoms with E-state index in [1.165, 1.54) is 30.3 Å². The van der Waals surface area contributed by atoms with Gasteiger partial charge in [0.05, 0.1) is 28.1 Å². The van der Waals surface area contributed by atoms with Crippen molar-refractivity contribution >= 4 is 38.9 Å². The number of nitro groups is 1. The zero-order chi connectivity index (χ0) is 22.5. The minimum Gasteiger partial charge on any atom is -0.350 e. The second-order valence-electron chi connectivity index (χ2n) is 6.77. The van der Waals surface area contributed by atoms with Crippen LogP contribution in [0.4, 0.5) is 17.1 Å². The summed E-state index contributed by atoms with van der Waals surface area (Å²) < 4.78 is 25.2. The zero-order valence-corrected chi connectivity index (χ0v) is 17.5. The monoisotopic (exact) mass is 434 g/mol. The standard InChI is InChI=1S/C19H22N4O6S/c1-13(2)20-19(25)16-9-4-5-10-17(16)21-18(24)12-22(30(3,28)29)14-7-6-8-15(11-14)23(26)27/h4-11,13H,12H2,1-3H3,(H,20,25)(H,21,24). The van der Waals surface area contributed by atoms with Crippen molar-refractivity contribution in [2.45, 2.75) is 19.9 Å². The van der Waals surface area contributed by atoms with E-state index in [1.807, 2.05) is 0 Å². The molecule has 0 bridgehead atoms. The fourth-order valence-corrected chi connectivity index (χ4v) is 3.46. The number of amides is 2. The summed E-state index contributed by atoms with van der Waals surface area (Å²) in [5.41, 5.74) is 0.110. The molecule has 30 heavy (non-hydrogen) atoms. The van der Waals surface area contributed by atoms with E-state index < -0.39 is 27.4 Å². The van der Waals surface area contributed by atoms with Crippen LogP contribution in [0.5, 0.6) is 0 Å². The van der Waals surface area contributed by atoms with Crippen LogP contribution >= 0.6 is 0 Å². The number of nitrogens with zero attached hydrogens (tertiary/aromatic N) is 2. The molecule has 2 amide bonds. The average Bonchev–Trinajstić information content (AvgIpc) is 2.65. The molecular weight excluding hydrogens is 412 g/mol. The molecule has 0 aliphatic heterocycles. The SMILES string of the molecule is CC(C)NC(=O)c1ccccc1NC(=O)CN(c1cccc([N+](=O)[O-])c1)S(C)(=O)=O. The smallest absolute Gasteiger partial charge is 0.271 e. The predicted molar refractivity (Wildman–Crippen MR) is 113 cm³/mol. The van der Waals surface area contributed by atoms with Gasteiger partial charge in [-0.15, -0.1) is 0 Å². The van der Waals surface area contributed by atoms with Crippen LogP contribution in [0.3, 0.4) is 0 Å². The second kappa shape index (κ2) is 9.35. The molecule has 0 atom stereocenters. The van der Waals surface area contributed by atoms with Crippen LogP contribution in [0.25, 0.3) is 0 Å². The number of sulfonamides is 1. The van der Waals surface area contributed by atoms with Crippen LogP contribution in [0.2, 0.25) is 0 Å². The number of anilines is 2. The first-order valence-corrected chi connectivity index (χ1v) is 10.8. The van der Waals surface area contributed by atoms with E-state index >= 15 is 0 Å². The molecule has 0 unspecified atom stereocenters. The van der Waals surface area contributed by atoms with Gasteiger partial charge in [-0.25, -0.2) is 8.42 Å². The van der Waals surface area contributed by atoms with Crippen molar-refractivity contribution in [3.05, 3.63) is 64.2 Å². The van der Waals surface area contributed by atoms with Gasteiger partial charge in [-0.2, -0.15) is 0 Å². The van der Waals surface area contributed by atoms with Gasteiger partial charge in [0.2, 0.25) is 15.9 Å². The van der Waals surface area contributed by atoms with Gasteiger partial charge in [0.25, 0.3) is 11.6 Å². The number of carbonyl (C=O) groups is 2. The fraction of sp³-hybridized carbons (Fsp3) is 0.263. The van der Waals surface area contributed by atoms with Crippen molar-refractivity contribution < 1.29 is 22.9 Å². The summed E-state index contributed by atoms with van der Waals surface area (Å²) in [6.45, 7) is 2.96. The third kappa shape index (κ3) is 6.01. The number of nitrogens with one attached hydrogen (secondary N) is 2. The third-order valence-electron chi connectivity index (χ3n) is 3.88. The zero-order valence-electron chi connectivity index (χ0n) is 16.7. The molecule has 2 aromatic carbocycles. The van der Waals surface area contributed by atoms with Gasteiger partial charge in [-0.1, -0.05) is 18.2 Å². The number of hydrogen-bond acceptors (Lipinski definition) is 6. The molecular formula is C19H22N4O6S. The minimum atomic E-state index is -3.92. The van der Waals surface area contributed by atoms with Gasteiger partial charge in [-0.05, 0) is 32.0 Å². The number of carbonyl (C=O) groups excluding carboxylic acids is 2. The molecule has 0 radical (unpaired) electrons. The summed E-state index contributed by atoms with van der Waals surface area (Å²) in [5.74, 6) is -1.10. The maximum Gasteiger partial charge on any atom is 0.271 e. The maximum absolute atomic E-state index is 12.6. The highest BCUT2D eigenvalue weighted by atomic mass is 32.2. The van der Waals surface area contributed by atoms with Gasteiger partial charge in [-0.3, -0.25) is 24.0 Å². The highest BCUT2D eigenvalue weighted by Gasteiger charge is 2.23. The lowest BCUT2D eigenvalue weighted by atomic mass is 10.1. The lowest BCUT2D eigenvalue weighted by molar-refractivity contribution is -0.384. The Hall–Kier alpha value is -3.47. The predicted octanol–water partition coefficient (Wildman–Crippen LogP) is 2.14. The molecule has 0 fully saturated rings. The minimum absolute atomic E-state index is 0.0207. The molecule has 0 aliphatic rings. The van der Waals surface area contributed by atoms with Crippen molar-refractivity contribution in [1.29, 1.82) is 0 Å². The molecule has 10 nitrogen and oxygen atoms in total. The van der Waals surface area contributed by atoms with Crippen LogP contribution in [-0.4, -0.2) is 44.0 Å².